The summed E-state index contributed by atoms with van der Waals surface area (Å²) in [6.07, 6.45) is 1.45. The Balaban J connectivity index is 3.35. The fourth-order valence-electron chi connectivity index (χ4n) is 0.140. The molecule has 0 N–H and O–H groups in total. The van der Waals surface area contributed by atoms with Crippen molar-refractivity contribution in [1.29, 1.82) is 0 Å². The van der Waals surface area contributed by atoms with Crippen molar-refractivity contribution in [1.82, 2.24) is 5.32 Å². The Morgan fingerprint density at radius 1 is 1.75 bits per heavy atom. The summed E-state index contributed by atoms with van der Waals surface area (Å²) in [5.74, 6) is 2.38. The van der Waals surface area contributed by atoms with Gasteiger partial charge in [0.1, 0.15) is 6.11 Å². The molecule has 0 fully saturated rings. The molecule has 0 unspecified atom stereocenters. The highest BCUT2D eigenvalue weighted by atomic mass is 16.5. The zero-order chi connectivity index (χ0) is 6.41. The lowest BCUT2D eigenvalue weighted by Gasteiger charge is -1.85. The Bertz CT molecular complexity index is 131. The molecule has 0 heterocycles. The highest BCUT2D eigenvalue weighted by molar-refractivity contribution is 5.67. The first-order valence-electron chi connectivity index (χ1n) is 2.03. The van der Waals surface area contributed by atoms with Crippen LogP contribution in [0.3, 0.4) is 0 Å². The predicted octanol–water partition coefficient (Wildman–Crippen LogP) is 0.338. The molecule has 0 saturated carbocycles. The van der Waals surface area contributed by atoms with E-state index >= 15 is 0 Å². The fraction of sp³-hybridized carbons (Fsp3) is 0.400. The second kappa shape index (κ2) is 4.00. The molecule has 0 aromatic rings. The average molecular weight is 112 g/mol. The number of carbonyl (C=O) groups is 1. The molecule has 0 aromatic heterocycles. The number of ether oxygens (including phenoxy) is 1. The van der Waals surface area contributed by atoms with Crippen molar-refractivity contribution < 1.29 is 9.53 Å². The van der Waals surface area contributed by atoms with Crippen molar-refractivity contribution in [2.45, 2.75) is 6.92 Å². The standard InChI is InChI=1S/C5H6NO2/c1-3-4-8-5(7)6-2/h1-2H3. The van der Waals surface area contributed by atoms with Crippen LogP contribution in [0.2, 0.25) is 0 Å². The van der Waals surface area contributed by atoms with Crippen LogP contribution < -0.4 is 5.32 Å². The highest BCUT2D eigenvalue weighted by Crippen LogP contribution is 1.70. The van der Waals surface area contributed by atoms with E-state index in [0.717, 1.165) is 0 Å². The van der Waals surface area contributed by atoms with Gasteiger partial charge in [0.25, 0.3) is 0 Å². The minimum atomic E-state index is -0.653. The summed E-state index contributed by atoms with van der Waals surface area (Å²) < 4.78 is 4.17. The molecule has 8 heavy (non-hydrogen) atoms. The van der Waals surface area contributed by atoms with Crippen LogP contribution in [0.5, 0.6) is 0 Å². The summed E-state index contributed by atoms with van der Waals surface area (Å²) in [6.45, 7) is 1.57. The van der Waals surface area contributed by atoms with E-state index in [1.165, 1.54) is 7.05 Å². The molecule has 0 spiro atoms. The monoisotopic (exact) mass is 112 g/mol. The van der Waals surface area contributed by atoms with Crippen molar-refractivity contribution >= 4 is 6.09 Å². The van der Waals surface area contributed by atoms with Crippen LogP contribution >= 0.6 is 0 Å². The van der Waals surface area contributed by atoms with Crippen molar-refractivity contribution in [3.05, 3.63) is 0 Å². The molecule has 1 radical (unpaired) electrons. The summed E-state index contributed by atoms with van der Waals surface area (Å²) in [7, 11) is 1.35. The van der Waals surface area contributed by atoms with Crippen LogP contribution in [0.15, 0.2) is 0 Å². The van der Waals surface area contributed by atoms with Gasteiger partial charge in [0.05, 0.1) is 0 Å². The van der Waals surface area contributed by atoms with Crippen LogP contribution in [-0.2, 0) is 4.74 Å². The van der Waals surface area contributed by atoms with Crippen LogP contribution in [-0.4, -0.2) is 13.1 Å². The Morgan fingerprint density at radius 3 is 2.75 bits per heavy atom. The van der Waals surface area contributed by atoms with Crippen LogP contribution in [0.25, 0.3) is 0 Å². The highest BCUT2D eigenvalue weighted by Gasteiger charge is 1.92. The third-order valence-corrected chi connectivity index (χ3v) is 0.423. The van der Waals surface area contributed by atoms with E-state index in [2.05, 4.69) is 22.1 Å². The quantitative estimate of drug-likeness (QED) is 0.424. The van der Waals surface area contributed by atoms with Crippen molar-refractivity contribution in [2.24, 2.45) is 0 Å². The third-order valence-electron chi connectivity index (χ3n) is 0.423. The number of hydrogen-bond donors (Lipinski definition) is 0. The lowest BCUT2D eigenvalue weighted by Crippen LogP contribution is -2.08. The first kappa shape index (κ1) is 6.83. The van der Waals surface area contributed by atoms with Gasteiger partial charge in [0, 0.05) is 14.0 Å². The summed E-state index contributed by atoms with van der Waals surface area (Å²) in [5, 5.41) is 3.16. The normalized spacial score (nSPS) is 6.25. The smallest absolute Gasteiger partial charge is 0.354 e. The van der Waals surface area contributed by atoms with Gasteiger partial charge in [-0.15, -0.1) is 0 Å². The van der Waals surface area contributed by atoms with Crippen molar-refractivity contribution in [3.8, 4) is 12.0 Å². The molecular formula is C5H6NO2. The number of hydrogen-bond acceptors (Lipinski definition) is 2. The molecule has 0 saturated heterocycles. The summed E-state index contributed by atoms with van der Waals surface area (Å²) in [4.78, 5) is 10.1. The van der Waals surface area contributed by atoms with E-state index in [9.17, 15) is 4.79 Å². The topological polar surface area (TPSA) is 40.4 Å². The zero-order valence-corrected chi connectivity index (χ0v) is 4.76. The number of nitrogens with zero attached hydrogens (tertiary/aromatic N) is 1. The minimum Gasteiger partial charge on any atom is -0.354 e. The lowest BCUT2D eigenvalue weighted by molar-refractivity contribution is 0.193. The molecule has 1 amide bonds. The number of rotatable bonds is 0. The largest absolute Gasteiger partial charge is 0.442 e. The maximum Gasteiger partial charge on any atom is 0.442 e. The fourth-order valence-corrected chi connectivity index (χ4v) is 0.140. The average Bonchev–Trinajstić information content (AvgIpc) is 1.83. The maximum atomic E-state index is 10.1. The van der Waals surface area contributed by atoms with E-state index in [4.69, 9.17) is 0 Å². The molecule has 3 heteroatoms. The van der Waals surface area contributed by atoms with E-state index in [-0.39, 0.29) is 0 Å². The van der Waals surface area contributed by atoms with Crippen molar-refractivity contribution in [2.75, 3.05) is 7.05 Å². The Morgan fingerprint density at radius 2 is 2.38 bits per heavy atom. The van der Waals surface area contributed by atoms with Crippen LogP contribution in [0, 0.1) is 12.0 Å². The Kier molecular flexibility index (Phi) is 3.42. The molecular weight excluding hydrogens is 106 g/mol. The number of amides is 1. The van der Waals surface area contributed by atoms with Gasteiger partial charge >= 0.3 is 6.09 Å². The van der Waals surface area contributed by atoms with Gasteiger partial charge in [-0.25, -0.2) is 10.1 Å². The third kappa shape index (κ3) is 3.04. The van der Waals surface area contributed by atoms with E-state index in [1.807, 2.05) is 0 Å². The molecule has 0 aliphatic carbocycles. The molecule has 0 rings (SSSR count). The zero-order valence-electron chi connectivity index (χ0n) is 4.76. The van der Waals surface area contributed by atoms with E-state index < -0.39 is 6.09 Å². The van der Waals surface area contributed by atoms with Gasteiger partial charge in [-0.3, -0.25) is 0 Å². The Labute approximate surface area is 48.0 Å². The SMILES string of the molecule is CC#COC(=O)[N]C. The van der Waals surface area contributed by atoms with Gasteiger partial charge in [-0.1, -0.05) is 5.92 Å². The molecule has 0 aromatic carbocycles. The molecule has 0 atom stereocenters. The van der Waals surface area contributed by atoms with Gasteiger partial charge < -0.3 is 4.74 Å². The summed E-state index contributed by atoms with van der Waals surface area (Å²) >= 11 is 0. The molecule has 43 valence electrons. The molecule has 0 bridgehead atoms. The molecule has 3 nitrogen and oxygen atoms in total. The van der Waals surface area contributed by atoms with Crippen LogP contribution in [0.4, 0.5) is 4.79 Å². The summed E-state index contributed by atoms with van der Waals surface area (Å²) in [5.41, 5.74) is 0. The van der Waals surface area contributed by atoms with Crippen LogP contribution in [0.1, 0.15) is 6.92 Å². The van der Waals surface area contributed by atoms with Gasteiger partial charge in [0.15, 0.2) is 0 Å². The van der Waals surface area contributed by atoms with Gasteiger partial charge in [-0.2, -0.15) is 0 Å². The Hall–Kier alpha value is -1.17. The second-order valence-electron chi connectivity index (χ2n) is 0.944. The first-order chi connectivity index (χ1) is 3.81. The maximum absolute atomic E-state index is 10.1. The summed E-state index contributed by atoms with van der Waals surface area (Å²) in [6, 6.07) is 0. The van der Waals surface area contributed by atoms with Crippen molar-refractivity contribution in [3.63, 3.8) is 0 Å². The predicted molar refractivity (Wildman–Crippen MR) is 28.0 cm³/mol. The lowest BCUT2D eigenvalue weighted by atomic mass is 10.8. The first-order valence-corrected chi connectivity index (χ1v) is 2.03. The molecule has 0 aliphatic rings. The van der Waals surface area contributed by atoms with E-state index in [1.54, 1.807) is 6.92 Å². The number of carbonyl (C=O) groups excluding carboxylic acids is 1. The van der Waals surface area contributed by atoms with Gasteiger partial charge in [-0.05, 0) is 0 Å². The second-order valence-corrected chi connectivity index (χ2v) is 0.944. The van der Waals surface area contributed by atoms with Gasteiger partial charge in [0.2, 0.25) is 0 Å². The molecule has 0 aliphatic heterocycles. The van der Waals surface area contributed by atoms with E-state index in [0.29, 0.717) is 0 Å². The minimum absolute atomic E-state index is 0.653.